The summed E-state index contributed by atoms with van der Waals surface area (Å²) in [6.45, 7) is 10.1. The van der Waals surface area contributed by atoms with Crippen molar-refractivity contribution in [3.63, 3.8) is 0 Å². The maximum absolute atomic E-state index is 5.44. The van der Waals surface area contributed by atoms with Crippen LogP contribution in [0.2, 0.25) is 0 Å². The van der Waals surface area contributed by atoms with Crippen molar-refractivity contribution in [2.75, 3.05) is 19.6 Å². The lowest BCUT2D eigenvalue weighted by Gasteiger charge is -2.03. The Bertz CT molecular complexity index is 268. The van der Waals surface area contributed by atoms with Gasteiger partial charge < -0.3 is 15.1 Å². The second-order valence-electron chi connectivity index (χ2n) is 3.47. The van der Waals surface area contributed by atoms with E-state index in [2.05, 4.69) is 23.6 Å². The van der Waals surface area contributed by atoms with Gasteiger partial charge in [-0.3, -0.25) is 0 Å². The van der Waals surface area contributed by atoms with Crippen LogP contribution in [0.15, 0.2) is 10.5 Å². The largest absolute Gasteiger partial charge is 0.466 e. The lowest BCUT2D eigenvalue weighted by Crippen LogP contribution is -2.26. The van der Waals surface area contributed by atoms with Crippen LogP contribution >= 0.6 is 0 Å². The first-order valence-electron chi connectivity index (χ1n) is 5.21. The van der Waals surface area contributed by atoms with E-state index in [1.807, 2.05) is 13.8 Å². The number of likely N-dealkylation sites (N-methyl/N-ethyl adjacent to an activating group) is 1. The van der Waals surface area contributed by atoms with Crippen molar-refractivity contribution < 1.29 is 4.42 Å². The summed E-state index contributed by atoms with van der Waals surface area (Å²) in [5, 5.41) is 6.64. The molecule has 80 valence electrons. The first-order valence-corrected chi connectivity index (χ1v) is 5.21. The third-order valence-electron chi connectivity index (χ3n) is 2.19. The predicted molar refractivity (Wildman–Crippen MR) is 58.4 cm³/mol. The van der Waals surface area contributed by atoms with Crippen LogP contribution in [0, 0.1) is 13.8 Å². The SMILES string of the molecule is CCNCCNCc1cc(C)oc1C. The molecule has 0 aliphatic heterocycles. The Hall–Kier alpha value is -0.800. The number of nitrogens with one attached hydrogen (secondary N) is 2. The van der Waals surface area contributed by atoms with Gasteiger partial charge >= 0.3 is 0 Å². The molecule has 0 amide bonds. The zero-order valence-electron chi connectivity index (χ0n) is 9.31. The molecule has 0 aliphatic rings. The van der Waals surface area contributed by atoms with Gasteiger partial charge in [0.25, 0.3) is 0 Å². The Kier molecular flexibility index (Phi) is 4.70. The monoisotopic (exact) mass is 196 g/mol. The Morgan fingerprint density at radius 3 is 2.50 bits per heavy atom. The van der Waals surface area contributed by atoms with Crippen LogP contribution in [0.25, 0.3) is 0 Å². The van der Waals surface area contributed by atoms with Gasteiger partial charge in [-0.15, -0.1) is 0 Å². The molecule has 3 heteroatoms. The molecule has 1 aromatic heterocycles. The Morgan fingerprint density at radius 2 is 1.93 bits per heavy atom. The maximum atomic E-state index is 5.44. The highest BCUT2D eigenvalue weighted by molar-refractivity contribution is 5.19. The standard InChI is InChI=1S/C11H20N2O/c1-4-12-5-6-13-8-11-7-9(2)14-10(11)3/h7,12-13H,4-6,8H2,1-3H3. The van der Waals surface area contributed by atoms with Crippen LogP contribution < -0.4 is 10.6 Å². The highest BCUT2D eigenvalue weighted by Crippen LogP contribution is 2.12. The van der Waals surface area contributed by atoms with E-state index in [1.54, 1.807) is 0 Å². The minimum Gasteiger partial charge on any atom is -0.466 e. The van der Waals surface area contributed by atoms with Crippen LogP contribution in [-0.4, -0.2) is 19.6 Å². The molecular formula is C11H20N2O. The van der Waals surface area contributed by atoms with Crippen molar-refractivity contribution in [3.05, 3.63) is 23.2 Å². The van der Waals surface area contributed by atoms with E-state index in [0.29, 0.717) is 0 Å². The normalized spacial score (nSPS) is 10.8. The molecule has 0 bridgehead atoms. The first kappa shape index (κ1) is 11.3. The third-order valence-corrected chi connectivity index (χ3v) is 2.19. The van der Waals surface area contributed by atoms with Gasteiger partial charge in [0.05, 0.1) is 0 Å². The molecule has 0 atom stereocenters. The van der Waals surface area contributed by atoms with Crippen LogP contribution in [0.1, 0.15) is 24.0 Å². The van der Waals surface area contributed by atoms with E-state index >= 15 is 0 Å². The lowest BCUT2D eigenvalue weighted by atomic mass is 10.2. The Morgan fingerprint density at radius 1 is 1.21 bits per heavy atom. The maximum Gasteiger partial charge on any atom is 0.105 e. The summed E-state index contributed by atoms with van der Waals surface area (Å²) < 4.78 is 5.44. The fraction of sp³-hybridized carbons (Fsp3) is 0.636. The van der Waals surface area contributed by atoms with Gasteiger partial charge in [-0.25, -0.2) is 0 Å². The number of hydrogen-bond donors (Lipinski definition) is 2. The average molecular weight is 196 g/mol. The summed E-state index contributed by atoms with van der Waals surface area (Å²) in [6, 6.07) is 2.09. The molecule has 0 aromatic carbocycles. The summed E-state index contributed by atoms with van der Waals surface area (Å²) in [6.07, 6.45) is 0. The molecule has 0 aliphatic carbocycles. The topological polar surface area (TPSA) is 37.2 Å². The minimum absolute atomic E-state index is 0.897. The van der Waals surface area contributed by atoms with Gasteiger partial charge in [-0.05, 0) is 26.5 Å². The molecule has 1 rings (SSSR count). The summed E-state index contributed by atoms with van der Waals surface area (Å²) in [5.74, 6) is 2.02. The highest BCUT2D eigenvalue weighted by atomic mass is 16.3. The molecule has 0 spiro atoms. The van der Waals surface area contributed by atoms with Crippen molar-refractivity contribution in [1.82, 2.24) is 10.6 Å². The Labute approximate surface area is 85.9 Å². The second-order valence-corrected chi connectivity index (χ2v) is 3.47. The fourth-order valence-corrected chi connectivity index (χ4v) is 1.44. The molecule has 2 N–H and O–H groups in total. The molecule has 1 aromatic rings. The van der Waals surface area contributed by atoms with Gasteiger partial charge in [-0.2, -0.15) is 0 Å². The van der Waals surface area contributed by atoms with E-state index < -0.39 is 0 Å². The molecular weight excluding hydrogens is 176 g/mol. The minimum atomic E-state index is 0.897. The van der Waals surface area contributed by atoms with Gasteiger partial charge in [0.2, 0.25) is 0 Å². The average Bonchev–Trinajstić information content (AvgIpc) is 2.45. The summed E-state index contributed by atoms with van der Waals surface area (Å²) in [5.41, 5.74) is 1.26. The van der Waals surface area contributed by atoms with Gasteiger partial charge in [-0.1, -0.05) is 6.92 Å². The quantitative estimate of drug-likeness (QED) is 0.679. The molecule has 0 saturated heterocycles. The third kappa shape index (κ3) is 3.52. The predicted octanol–water partition coefficient (Wildman–Crippen LogP) is 1.60. The highest BCUT2D eigenvalue weighted by Gasteiger charge is 2.02. The van der Waals surface area contributed by atoms with E-state index in [4.69, 9.17) is 4.42 Å². The van der Waals surface area contributed by atoms with Crippen LogP contribution in [0.3, 0.4) is 0 Å². The number of hydrogen-bond acceptors (Lipinski definition) is 3. The zero-order valence-corrected chi connectivity index (χ0v) is 9.31. The lowest BCUT2D eigenvalue weighted by molar-refractivity contribution is 0.498. The molecule has 1 heterocycles. The van der Waals surface area contributed by atoms with Crippen molar-refractivity contribution in [2.24, 2.45) is 0 Å². The van der Waals surface area contributed by atoms with Crippen molar-refractivity contribution in [3.8, 4) is 0 Å². The second kappa shape index (κ2) is 5.83. The van der Waals surface area contributed by atoms with E-state index in [9.17, 15) is 0 Å². The van der Waals surface area contributed by atoms with Crippen LogP contribution in [0.4, 0.5) is 0 Å². The number of aryl methyl sites for hydroxylation is 2. The van der Waals surface area contributed by atoms with Crippen LogP contribution in [0.5, 0.6) is 0 Å². The first-order chi connectivity index (χ1) is 6.74. The van der Waals surface area contributed by atoms with E-state index in [-0.39, 0.29) is 0 Å². The summed E-state index contributed by atoms with van der Waals surface area (Å²) in [7, 11) is 0. The van der Waals surface area contributed by atoms with Gasteiger partial charge in [0.15, 0.2) is 0 Å². The van der Waals surface area contributed by atoms with Crippen LogP contribution in [-0.2, 0) is 6.54 Å². The number of rotatable bonds is 6. The zero-order chi connectivity index (χ0) is 10.4. The molecule has 0 fully saturated rings. The molecule has 0 unspecified atom stereocenters. The fourth-order valence-electron chi connectivity index (χ4n) is 1.44. The van der Waals surface area contributed by atoms with Crippen molar-refractivity contribution in [1.29, 1.82) is 0 Å². The smallest absolute Gasteiger partial charge is 0.105 e. The molecule has 14 heavy (non-hydrogen) atoms. The molecule has 0 radical (unpaired) electrons. The summed E-state index contributed by atoms with van der Waals surface area (Å²) in [4.78, 5) is 0. The number of furan rings is 1. The van der Waals surface area contributed by atoms with Gasteiger partial charge in [0.1, 0.15) is 11.5 Å². The van der Waals surface area contributed by atoms with Crippen molar-refractivity contribution in [2.45, 2.75) is 27.3 Å². The van der Waals surface area contributed by atoms with E-state index in [0.717, 1.165) is 37.7 Å². The summed E-state index contributed by atoms with van der Waals surface area (Å²) >= 11 is 0. The molecule has 0 saturated carbocycles. The Balaban J connectivity index is 2.21. The van der Waals surface area contributed by atoms with E-state index in [1.165, 1.54) is 5.56 Å². The molecule has 3 nitrogen and oxygen atoms in total. The van der Waals surface area contributed by atoms with Crippen molar-refractivity contribution >= 4 is 0 Å². The van der Waals surface area contributed by atoms with Gasteiger partial charge in [0, 0.05) is 25.2 Å².